The van der Waals surface area contributed by atoms with Gasteiger partial charge in [0, 0.05) is 25.3 Å². The molecule has 0 radical (unpaired) electrons. The average Bonchev–Trinajstić information content (AvgIpc) is 2.69. The van der Waals surface area contributed by atoms with Gasteiger partial charge in [0.15, 0.2) is 0 Å². The number of hydrogen-bond acceptors (Lipinski definition) is 4. The summed E-state index contributed by atoms with van der Waals surface area (Å²) in [6.45, 7) is 2.66. The van der Waals surface area contributed by atoms with Crippen LogP contribution in [0.25, 0.3) is 0 Å². The van der Waals surface area contributed by atoms with Gasteiger partial charge in [-0.15, -0.1) is 0 Å². The Labute approximate surface area is 117 Å². The lowest BCUT2D eigenvalue weighted by Gasteiger charge is -2.26. The lowest BCUT2D eigenvalue weighted by molar-refractivity contribution is -0.115. The zero-order chi connectivity index (χ0) is 14.6. The highest BCUT2D eigenvalue weighted by molar-refractivity contribution is 5.92. The highest BCUT2D eigenvalue weighted by Crippen LogP contribution is 2.24. The van der Waals surface area contributed by atoms with Gasteiger partial charge >= 0.3 is 0 Å². The Hall–Kier alpha value is -1.50. The van der Waals surface area contributed by atoms with Crippen LogP contribution in [0.15, 0.2) is 24.3 Å². The van der Waals surface area contributed by atoms with E-state index >= 15 is 0 Å². The van der Waals surface area contributed by atoms with Crippen molar-refractivity contribution in [3.05, 3.63) is 30.1 Å². The second-order valence-corrected chi connectivity index (χ2v) is 5.03. The molecule has 1 heterocycles. The van der Waals surface area contributed by atoms with E-state index in [1.807, 2.05) is 6.92 Å². The van der Waals surface area contributed by atoms with Gasteiger partial charge in [-0.2, -0.15) is 0 Å². The molecule has 1 aromatic rings. The molecule has 2 unspecified atom stereocenters. The van der Waals surface area contributed by atoms with Gasteiger partial charge in [-0.3, -0.25) is 4.79 Å². The highest BCUT2D eigenvalue weighted by atomic mass is 19.1. The van der Waals surface area contributed by atoms with E-state index < -0.39 is 11.4 Å². The van der Waals surface area contributed by atoms with Gasteiger partial charge in [0.25, 0.3) is 0 Å². The molecule has 0 spiro atoms. The topological polar surface area (TPSA) is 70.6 Å². The predicted octanol–water partition coefficient (Wildman–Crippen LogP) is 0.894. The van der Waals surface area contributed by atoms with Crippen LogP contribution in [0.2, 0.25) is 0 Å². The monoisotopic (exact) mass is 282 g/mol. The molecule has 2 atom stereocenters. The quantitative estimate of drug-likeness (QED) is 0.750. The first kappa shape index (κ1) is 14.9. The van der Waals surface area contributed by atoms with Crippen LogP contribution in [0.3, 0.4) is 0 Å². The fraction of sp³-hybridized carbons (Fsp3) is 0.500. The molecule has 0 aliphatic carbocycles. The summed E-state index contributed by atoms with van der Waals surface area (Å²) in [5, 5.41) is 15.7. The van der Waals surface area contributed by atoms with E-state index in [1.165, 1.54) is 18.2 Å². The number of rotatable bonds is 5. The standard InChI is InChI=1S/C14H19FN2O3/c1-10-14(19,5-6-20-10)9-16-8-13(18)17-12-4-2-3-11(15)7-12/h2-4,7,10,16,19H,5-6,8-9H2,1H3,(H,17,18). The van der Waals surface area contributed by atoms with Crippen LogP contribution in [-0.2, 0) is 9.53 Å². The second-order valence-electron chi connectivity index (χ2n) is 5.03. The Bertz CT molecular complexity index is 483. The molecule has 2 rings (SSSR count). The Balaban J connectivity index is 1.75. The van der Waals surface area contributed by atoms with E-state index in [2.05, 4.69) is 10.6 Å². The average molecular weight is 282 g/mol. The predicted molar refractivity (Wildman–Crippen MR) is 72.9 cm³/mol. The zero-order valence-electron chi connectivity index (χ0n) is 11.4. The summed E-state index contributed by atoms with van der Waals surface area (Å²) in [7, 11) is 0. The fourth-order valence-corrected chi connectivity index (χ4v) is 2.17. The van der Waals surface area contributed by atoms with Crippen molar-refractivity contribution in [3.63, 3.8) is 0 Å². The van der Waals surface area contributed by atoms with Crippen LogP contribution in [0.5, 0.6) is 0 Å². The van der Waals surface area contributed by atoms with Crippen molar-refractivity contribution in [3.8, 4) is 0 Å². The summed E-state index contributed by atoms with van der Waals surface area (Å²) in [5.41, 5.74) is -0.521. The summed E-state index contributed by atoms with van der Waals surface area (Å²) in [6.07, 6.45) is 0.299. The minimum absolute atomic E-state index is 0.0472. The molecular weight excluding hydrogens is 263 g/mol. The van der Waals surface area contributed by atoms with Gasteiger partial charge in [-0.1, -0.05) is 6.07 Å². The first-order chi connectivity index (χ1) is 9.49. The summed E-state index contributed by atoms with van der Waals surface area (Å²) in [6, 6.07) is 5.70. The molecule has 1 saturated heterocycles. The highest BCUT2D eigenvalue weighted by Gasteiger charge is 2.39. The molecule has 3 N–H and O–H groups in total. The van der Waals surface area contributed by atoms with Crippen molar-refractivity contribution in [1.29, 1.82) is 0 Å². The molecular formula is C14H19FN2O3. The Morgan fingerprint density at radius 2 is 2.40 bits per heavy atom. The number of aliphatic hydroxyl groups is 1. The first-order valence-electron chi connectivity index (χ1n) is 6.60. The molecule has 110 valence electrons. The maximum Gasteiger partial charge on any atom is 0.238 e. The van der Waals surface area contributed by atoms with E-state index in [1.54, 1.807) is 6.07 Å². The van der Waals surface area contributed by atoms with Crippen LogP contribution in [0.1, 0.15) is 13.3 Å². The Morgan fingerprint density at radius 1 is 1.60 bits per heavy atom. The van der Waals surface area contributed by atoms with Crippen molar-refractivity contribution >= 4 is 11.6 Å². The van der Waals surface area contributed by atoms with Gasteiger partial charge in [0.1, 0.15) is 11.4 Å². The second kappa shape index (κ2) is 6.30. The van der Waals surface area contributed by atoms with Crippen molar-refractivity contribution in [2.75, 3.05) is 25.0 Å². The number of amides is 1. The number of carbonyl (C=O) groups is 1. The van der Waals surface area contributed by atoms with E-state index in [0.717, 1.165) is 0 Å². The number of hydrogen-bond donors (Lipinski definition) is 3. The fourth-order valence-electron chi connectivity index (χ4n) is 2.17. The molecule has 5 nitrogen and oxygen atoms in total. The number of ether oxygens (including phenoxy) is 1. The Kier molecular flexibility index (Phi) is 4.69. The molecule has 1 amide bonds. The third-order valence-corrected chi connectivity index (χ3v) is 3.48. The number of anilines is 1. The Morgan fingerprint density at radius 3 is 3.05 bits per heavy atom. The third-order valence-electron chi connectivity index (χ3n) is 3.48. The number of nitrogens with one attached hydrogen (secondary N) is 2. The van der Waals surface area contributed by atoms with Gasteiger partial charge in [0.05, 0.1) is 12.6 Å². The SMILES string of the molecule is CC1OCCC1(O)CNCC(=O)Nc1cccc(F)c1. The van der Waals surface area contributed by atoms with E-state index in [-0.39, 0.29) is 25.1 Å². The molecule has 20 heavy (non-hydrogen) atoms. The maximum absolute atomic E-state index is 13.0. The zero-order valence-corrected chi connectivity index (χ0v) is 11.4. The lowest BCUT2D eigenvalue weighted by atomic mass is 9.97. The van der Waals surface area contributed by atoms with E-state index in [0.29, 0.717) is 18.7 Å². The van der Waals surface area contributed by atoms with Crippen molar-refractivity contribution < 1.29 is 19.0 Å². The van der Waals surface area contributed by atoms with E-state index in [4.69, 9.17) is 4.74 Å². The van der Waals surface area contributed by atoms with Crippen molar-refractivity contribution in [1.82, 2.24) is 5.32 Å². The van der Waals surface area contributed by atoms with Crippen LogP contribution in [0, 0.1) is 5.82 Å². The normalized spacial score (nSPS) is 25.6. The summed E-state index contributed by atoms with van der Waals surface area (Å²) in [4.78, 5) is 11.7. The summed E-state index contributed by atoms with van der Waals surface area (Å²) < 4.78 is 18.3. The van der Waals surface area contributed by atoms with Gasteiger partial charge in [-0.05, 0) is 25.1 Å². The molecule has 1 fully saturated rings. The molecule has 0 bridgehead atoms. The molecule has 1 aliphatic rings. The van der Waals surface area contributed by atoms with Crippen LogP contribution >= 0.6 is 0 Å². The van der Waals surface area contributed by atoms with Crippen molar-refractivity contribution in [2.24, 2.45) is 0 Å². The van der Waals surface area contributed by atoms with Crippen molar-refractivity contribution in [2.45, 2.75) is 25.0 Å². The van der Waals surface area contributed by atoms with Crippen LogP contribution in [-0.4, -0.2) is 42.4 Å². The smallest absolute Gasteiger partial charge is 0.238 e. The maximum atomic E-state index is 13.0. The minimum atomic E-state index is -0.931. The molecule has 0 saturated carbocycles. The molecule has 6 heteroatoms. The molecule has 0 aromatic heterocycles. The summed E-state index contributed by atoms with van der Waals surface area (Å²) >= 11 is 0. The van der Waals surface area contributed by atoms with E-state index in [9.17, 15) is 14.3 Å². The van der Waals surface area contributed by atoms with Crippen LogP contribution in [0.4, 0.5) is 10.1 Å². The number of benzene rings is 1. The number of halogens is 1. The first-order valence-corrected chi connectivity index (χ1v) is 6.60. The largest absolute Gasteiger partial charge is 0.386 e. The molecule has 1 aliphatic heterocycles. The number of carbonyl (C=O) groups excluding carboxylic acids is 1. The van der Waals surface area contributed by atoms with Crippen LogP contribution < -0.4 is 10.6 Å². The van der Waals surface area contributed by atoms with Gasteiger partial charge in [0.2, 0.25) is 5.91 Å². The van der Waals surface area contributed by atoms with Gasteiger partial charge < -0.3 is 20.5 Å². The molecule has 1 aromatic carbocycles. The lowest BCUT2D eigenvalue weighted by Crippen LogP contribution is -2.47. The summed E-state index contributed by atoms with van der Waals surface area (Å²) in [5.74, 6) is -0.687. The third kappa shape index (κ3) is 3.75. The minimum Gasteiger partial charge on any atom is -0.386 e. The van der Waals surface area contributed by atoms with Gasteiger partial charge in [-0.25, -0.2) is 4.39 Å².